The molecule has 20 heavy (non-hydrogen) atoms. The molecule has 2 nitrogen and oxygen atoms in total. The van der Waals surface area contributed by atoms with Gasteiger partial charge in [-0.2, -0.15) is 13.2 Å². The fourth-order valence-electron chi connectivity index (χ4n) is 1.82. The van der Waals surface area contributed by atoms with Gasteiger partial charge < -0.3 is 5.11 Å². The van der Waals surface area contributed by atoms with Crippen LogP contribution in [0.15, 0.2) is 42.7 Å². The van der Waals surface area contributed by atoms with Gasteiger partial charge in [-0.1, -0.05) is 23.7 Å². The summed E-state index contributed by atoms with van der Waals surface area (Å²) in [5.74, 6) is 0. The molecule has 0 aliphatic heterocycles. The van der Waals surface area contributed by atoms with Gasteiger partial charge in [0.05, 0.1) is 16.7 Å². The van der Waals surface area contributed by atoms with Gasteiger partial charge in [0.1, 0.15) is 0 Å². The quantitative estimate of drug-likeness (QED) is 0.928. The molecule has 1 N–H and O–H groups in total. The Balaban J connectivity index is 2.13. The number of aromatic nitrogens is 1. The molecule has 106 valence electrons. The van der Waals surface area contributed by atoms with Crippen molar-refractivity contribution in [2.75, 3.05) is 0 Å². The van der Waals surface area contributed by atoms with Crippen LogP contribution in [0, 0.1) is 0 Å². The number of benzene rings is 1. The van der Waals surface area contributed by atoms with E-state index in [0.29, 0.717) is 16.1 Å². The highest BCUT2D eigenvalue weighted by atomic mass is 35.5. The van der Waals surface area contributed by atoms with Crippen molar-refractivity contribution >= 4 is 11.6 Å². The first-order valence-electron chi connectivity index (χ1n) is 5.81. The van der Waals surface area contributed by atoms with Gasteiger partial charge in [-0.25, -0.2) is 0 Å². The molecule has 2 aromatic rings. The Morgan fingerprint density at radius 1 is 1.15 bits per heavy atom. The predicted octanol–water partition coefficient (Wildman–Crippen LogP) is 4.03. The number of rotatable bonds is 3. The fraction of sp³-hybridized carbons (Fsp3) is 0.214. The zero-order chi connectivity index (χ0) is 14.8. The molecule has 0 saturated carbocycles. The number of pyridine rings is 1. The minimum Gasteiger partial charge on any atom is -0.388 e. The Bertz CT molecular complexity index is 584. The summed E-state index contributed by atoms with van der Waals surface area (Å²) in [6, 6.07) is 6.27. The Kier molecular flexibility index (Phi) is 4.30. The lowest BCUT2D eigenvalue weighted by Crippen LogP contribution is -2.06. The maximum atomic E-state index is 12.4. The van der Waals surface area contributed by atoms with E-state index in [1.807, 2.05) is 0 Å². The standard InChI is InChI=1S/C14H11ClF3NO/c15-12-8-19-6-5-11(12)13(20)7-9-1-3-10(4-2-9)14(16,17)18/h1-6,8,13,20H,7H2. The number of aliphatic hydroxyl groups excluding tert-OH is 1. The molecule has 1 heterocycles. The third-order valence-corrected chi connectivity index (χ3v) is 3.19. The van der Waals surface area contributed by atoms with Crippen molar-refractivity contribution in [2.45, 2.75) is 18.7 Å². The van der Waals surface area contributed by atoms with E-state index < -0.39 is 17.8 Å². The number of alkyl halides is 3. The molecular formula is C14H11ClF3NO. The molecule has 1 atom stereocenters. The van der Waals surface area contributed by atoms with E-state index in [9.17, 15) is 18.3 Å². The summed E-state index contributed by atoms with van der Waals surface area (Å²) in [5.41, 5.74) is 0.387. The maximum Gasteiger partial charge on any atom is 0.416 e. The van der Waals surface area contributed by atoms with Crippen molar-refractivity contribution in [1.82, 2.24) is 4.98 Å². The molecule has 0 aliphatic carbocycles. The molecule has 0 fully saturated rings. The molecule has 1 aromatic heterocycles. The lowest BCUT2D eigenvalue weighted by atomic mass is 10.0. The van der Waals surface area contributed by atoms with E-state index >= 15 is 0 Å². The van der Waals surface area contributed by atoms with E-state index in [2.05, 4.69) is 4.98 Å². The molecule has 0 aliphatic rings. The number of halogens is 4. The van der Waals surface area contributed by atoms with Crippen LogP contribution < -0.4 is 0 Å². The first kappa shape index (κ1) is 14.8. The third-order valence-electron chi connectivity index (χ3n) is 2.87. The van der Waals surface area contributed by atoms with Gasteiger partial charge in [-0.15, -0.1) is 0 Å². The molecule has 0 amide bonds. The molecule has 0 radical (unpaired) electrons. The van der Waals surface area contributed by atoms with E-state index in [4.69, 9.17) is 11.6 Å². The first-order chi connectivity index (χ1) is 9.38. The maximum absolute atomic E-state index is 12.4. The highest BCUT2D eigenvalue weighted by molar-refractivity contribution is 6.31. The smallest absolute Gasteiger partial charge is 0.388 e. The van der Waals surface area contributed by atoms with Gasteiger partial charge in [0.25, 0.3) is 0 Å². The second kappa shape index (κ2) is 5.81. The van der Waals surface area contributed by atoms with Crippen molar-refractivity contribution < 1.29 is 18.3 Å². The van der Waals surface area contributed by atoms with Crippen molar-refractivity contribution in [3.05, 3.63) is 64.4 Å². The van der Waals surface area contributed by atoms with Crippen LogP contribution in [0.3, 0.4) is 0 Å². The Morgan fingerprint density at radius 3 is 2.35 bits per heavy atom. The number of nitrogens with zero attached hydrogens (tertiary/aromatic N) is 1. The molecule has 0 saturated heterocycles. The van der Waals surface area contributed by atoms with Crippen LogP contribution in [-0.2, 0) is 12.6 Å². The van der Waals surface area contributed by atoms with Crippen LogP contribution in [0.1, 0.15) is 22.8 Å². The highest BCUT2D eigenvalue weighted by Gasteiger charge is 2.30. The molecule has 0 bridgehead atoms. The van der Waals surface area contributed by atoms with Gasteiger partial charge in [0.2, 0.25) is 0 Å². The predicted molar refractivity (Wildman–Crippen MR) is 69.4 cm³/mol. The Hall–Kier alpha value is -1.59. The van der Waals surface area contributed by atoms with E-state index in [1.54, 1.807) is 6.07 Å². The second-order valence-corrected chi connectivity index (χ2v) is 4.72. The summed E-state index contributed by atoms with van der Waals surface area (Å²) >= 11 is 5.90. The fourth-order valence-corrected chi connectivity index (χ4v) is 2.06. The second-order valence-electron chi connectivity index (χ2n) is 4.31. The lowest BCUT2D eigenvalue weighted by Gasteiger charge is -2.13. The van der Waals surface area contributed by atoms with Gasteiger partial charge >= 0.3 is 6.18 Å². The summed E-state index contributed by atoms with van der Waals surface area (Å²) < 4.78 is 37.3. The Labute approximate surface area is 118 Å². The van der Waals surface area contributed by atoms with Crippen LogP contribution in [-0.4, -0.2) is 10.1 Å². The van der Waals surface area contributed by atoms with E-state index in [0.717, 1.165) is 12.1 Å². The van der Waals surface area contributed by atoms with E-state index in [-0.39, 0.29) is 6.42 Å². The van der Waals surface area contributed by atoms with Crippen LogP contribution in [0.5, 0.6) is 0 Å². The van der Waals surface area contributed by atoms with Gasteiger partial charge in [0.15, 0.2) is 0 Å². The SMILES string of the molecule is OC(Cc1ccc(C(F)(F)F)cc1)c1ccncc1Cl. The topological polar surface area (TPSA) is 33.1 Å². The highest BCUT2D eigenvalue weighted by Crippen LogP contribution is 2.30. The average molecular weight is 302 g/mol. The third kappa shape index (κ3) is 3.49. The van der Waals surface area contributed by atoms with Crippen LogP contribution in [0.25, 0.3) is 0 Å². The number of hydrogen-bond donors (Lipinski definition) is 1. The summed E-state index contributed by atoms with van der Waals surface area (Å²) in [6.07, 6.45) is -2.15. The van der Waals surface area contributed by atoms with Crippen molar-refractivity contribution in [3.8, 4) is 0 Å². The van der Waals surface area contributed by atoms with Gasteiger partial charge in [-0.05, 0) is 23.8 Å². The summed E-state index contributed by atoms with van der Waals surface area (Å²) in [5, 5.41) is 10.4. The summed E-state index contributed by atoms with van der Waals surface area (Å²) in [7, 11) is 0. The molecule has 1 unspecified atom stereocenters. The first-order valence-corrected chi connectivity index (χ1v) is 6.19. The van der Waals surface area contributed by atoms with Crippen molar-refractivity contribution in [2.24, 2.45) is 0 Å². The molecule has 2 rings (SSSR count). The minimum absolute atomic E-state index is 0.182. The summed E-state index contributed by atoms with van der Waals surface area (Å²) in [4.78, 5) is 3.80. The summed E-state index contributed by atoms with van der Waals surface area (Å²) in [6.45, 7) is 0. The van der Waals surface area contributed by atoms with Crippen LogP contribution >= 0.6 is 11.6 Å². The van der Waals surface area contributed by atoms with Gasteiger partial charge in [-0.3, -0.25) is 4.98 Å². The largest absolute Gasteiger partial charge is 0.416 e. The normalized spacial score (nSPS) is 13.2. The van der Waals surface area contributed by atoms with E-state index in [1.165, 1.54) is 24.5 Å². The molecule has 0 spiro atoms. The minimum atomic E-state index is -4.36. The number of hydrogen-bond acceptors (Lipinski definition) is 2. The van der Waals surface area contributed by atoms with Crippen molar-refractivity contribution in [3.63, 3.8) is 0 Å². The molecule has 1 aromatic carbocycles. The number of aliphatic hydroxyl groups is 1. The zero-order valence-electron chi connectivity index (χ0n) is 10.2. The Morgan fingerprint density at radius 2 is 1.80 bits per heavy atom. The lowest BCUT2D eigenvalue weighted by molar-refractivity contribution is -0.137. The van der Waals surface area contributed by atoms with Gasteiger partial charge in [0, 0.05) is 24.4 Å². The molecule has 6 heteroatoms. The monoisotopic (exact) mass is 301 g/mol. The molecular weight excluding hydrogens is 291 g/mol. The van der Waals surface area contributed by atoms with Crippen molar-refractivity contribution in [1.29, 1.82) is 0 Å². The van der Waals surface area contributed by atoms with Crippen LogP contribution in [0.4, 0.5) is 13.2 Å². The average Bonchev–Trinajstić information content (AvgIpc) is 2.38. The van der Waals surface area contributed by atoms with Crippen LogP contribution in [0.2, 0.25) is 5.02 Å². The zero-order valence-corrected chi connectivity index (χ0v) is 11.0.